The van der Waals surface area contributed by atoms with Crippen molar-refractivity contribution in [3.8, 4) is 11.8 Å². The lowest BCUT2D eigenvalue weighted by Gasteiger charge is -2.07. The van der Waals surface area contributed by atoms with Gasteiger partial charge in [-0.25, -0.2) is 23.1 Å². The number of aliphatic hydroxyl groups is 1. The van der Waals surface area contributed by atoms with Gasteiger partial charge in [-0.1, -0.05) is 24.0 Å². The van der Waals surface area contributed by atoms with Crippen molar-refractivity contribution in [2.24, 2.45) is 0 Å². The molecule has 0 spiro atoms. The molecule has 0 unspecified atom stereocenters. The fourth-order valence-corrected chi connectivity index (χ4v) is 2.67. The average molecular weight is 303 g/mol. The Labute approximate surface area is 122 Å². The van der Waals surface area contributed by atoms with E-state index in [-0.39, 0.29) is 23.9 Å². The molecule has 1 aromatic heterocycles. The molecule has 1 aromatic carbocycles. The largest absolute Gasteiger partial charge is 0.395 e. The van der Waals surface area contributed by atoms with Crippen molar-refractivity contribution >= 4 is 16.0 Å². The van der Waals surface area contributed by atoms with Crippen molar-refractivity contribution in [1.29, 1.82) is 0 Å². The van der Waals surface area contributed by atoms with Gasteiger partial charge in [0, 0.05) is 24.4 Å². The van der Waals surface area contributed by atoms with Crippen LogP contribution in [0.4, 0.5) is 5.95 Å². The highest BCUT2D eigenvalue weighted by molar-refractivity contribution is 7.92. The molecule has 0 bridgehead atoms. The molecule has 108 valence electrons. The third kappa shape index (κ3) is 4.02. The second-order valence-electron chi connectivity index (χ2n) is 3.95. The van der Waals surface area contributed by atoms with Gasteiger partial charge in [0.1, 0.15) is 4.90 Å². The van der Waals surface area contributed by atoms with Crippen LogP contribution in [0.2, 0.25) is 0 Å². The summed E-state index contributed by atoms with van der Waals surface area (Å²) in [6.07, 6.45) is 3.17. The molecule has 0 amide bonds. The molecule has 2 N–H and O–H groups in total. The van der Waals surface area contributed by atoms with Gasteiger partial charge in [-0.2, -0.15) is 0 Å². The van der Waals surface area contributed by atoms with Crippen molar-refractivity contribution in [3.63, 3.8) is 0 Å². The number of benzene rings is 1. The number of aliphatic hydroxyl groups excluding tert-OH is 1. The molecule has 0 aliphatic heterocycles. The summed E-state index contributed by atoms with van der Waals surface area (Å²) in [7, 11) is -3.82. The summed E-state index contributed by atoms with van der Waals surface area (Å²) in [4.78, 5) is 7.69. The van der Waals surface area contributed by atoms with Gasteiger partial charge in [0.25, 0.3) is 10.0 Å². The molecule has 0 aliphatic rings. The molecular formula is C14H13N3O3S. The molecule has 1 heterocycles. The van der Waals surface area contributed by atoms with Crippen molar-refractivity contribution in [2.75, 3.05) is 11.3 Å². The van der Waals surface area contributed by atoms with E-state index in [9.17, 15) is 8.42 Å². The Morgan fingerprint density at radius 2 is 1.86 bits per heavy atom. The zero-order chi connectivity index (χ0) is 15.1. The van der Waals surface area contributed by atoms with Crippen LogP contribution in [0.25, 0.3) is 0 Å². The number of sulfonamides is 1. The average Bonchev–Trinajstić information content (AvgIpc) is 2.48. The topological polar surface area (TPSA) is 92.2 Å². The first-order valence-corrected chi connectivity index (χ1v) is 7.60. The summed E-state index contributed by atoms with van der Waals surface area (Å²) < 4.78 is 27.0. The van der Waals surface area contributed by atoms with Crippen LogP contribution in [0.15, 0.2) is 47.6 Å². The Kier molecular flexibility index (Phi) is 4.87. The summed E-state index contributed by atoms with van der Waals surface area (Å²) in [6.45, 7) is -0.0714. The van der Waals surface area contributed by atoms with E-state index in [1.54, 1.807) is 24.3 Å². The van der Waals surface area contributed by atoms with Gasteiger partial charge < -0.3 is 5.11 Å². The highest BCUT2D eigenvalue weighted by Crippen LogP contribution is 2.17. The third-order valence-corrected chi connectivity index (χ3v) is 3.81. The lowest BCUT2D eigenvalue weighted by atomic mass is 10.2. The number of anilines is 1. The fourth-order valence-electron chi connectivity index (χ4n) is 1.54. The minimum atomic E-state index is -3.82. The lowest BCUT2D eigenvalue weighted by molar-refractivity contribution is 0.305. The van der Waals surface area contributed by atoms with Crippen LogP contribution in [-0.2, 0) is 10.0 Å². The van der Waals surface area contributed by atoms with Crippen LogP contribution < -0.4 is 4.72 Å². The first kappa shape index (κ1) is 15.0. The highest BCUT2D eigenvalue weighted by Gasteiger charge is 2.18. The van der Waals surface area contributed by atoms with Crippen LogP contribution in [0.3, 0.4) is 0 Å². The Morgan fingerprint density at radius 1 is 1.14 bits per heavy atom. The quantitative estimate of drug-likeness (QED) is 0.822. The molecule has 7 heteroatoms. The second kappa shape index (κ2) is 6.83. The predicted molar refractivity (Wildman–Crippen MR) is 77.9 cm³/mol. The molecule has 0 saturated carbocycles. The molecule has 2 aromatic rings. The third-order valence-electron chi connectivity index (χ3n) is 2.43. The molecule has 6 nitrogen and oxygen atoms in total. The van der Waals surface area contributed by atoms with E-state index in [0.29, 0.717) is 5.56 Å². The van der Waals surface area contributed by atoms with E-state index in [2.05, 4.69) is 26.5 Å². The number of aromatic nitrogens is 2. The SMILES string of the molecule is O=S(=O)(Nc1ncccn1)c1ccccc1C#CCCO. The maximum absolute atomic E-state index is 12.3. The number of nitrogens with zero attached hydrogens (tertiary/aromatic N) is 2. The van der Waals surface area contributed by atoms with Crippen molar-refractivity contribution < 1.29 is 13.5 Å². The monoisotopic (exact) mass is 303 g/mol. The number of nitrogens with one attached hydrogen (secondary N) is 1. The van der Waals surface area contributed by atoms with E-state index in [1.165, 1.54) is 18.5 Å². The molecule has 0 atom stereocenters. The number of hydrogen-bond acceptors (Lipinski definition) is 5. The van der Waals surface area contributed by atoms with Crippen molar-refractivity contribution in [1.82, 2.24) is 9.97 Å². The van der Waals surface area contributed by atoms with E-state index < -0.39 is 10.0 Å². The van der Waals surface area contributed by atoms with Crippen LogP contribution in [0, 0.1) is 11.8 Å². The predicted octanol–water partition coefficient (Wildman–Crippen LogP) is 1.01. The van der Waals surface area contributed by atoms with Crippen LogP contribution in [0.5, 0.6) is 0 Å². The second-order valence-corrected chi connectivity index (χ2v) is 5.60. The Hall–Kier alpha value is -2.43. The first-order chi connectivity index (χ1) is 10.1. The molecule has 2 rings (SSSR count). The van der Waals surface area contributed by atoms with Crippen LogP contribution >= 0.6 is 0 Å². The maximum atomic E-state index is 12.3. The Balaban J connectivity index is 2.35. The van der Waals surface area contributed by atoms with Gasteiger partial charge in [-0.15, -0.1) is 0 Å². The zero-order valence-corrected chi connectivity index (χ0v) is 11.8. The minimum absolute atomic E-state index is 0.00406. The van der Waals surface area contributed by atoms with Crippen molar-refractivity contribution in [2.45, 2.75) is 11.3 Å². The summed E-state index contributed by atoms with van der Waals surface area (Å²) in [6, 6.07) is 7.95. The Morgan fingerprint density at radius 3 is 2.57 bits per heavy atom. The van der Waals surface area contributed by atoms with Crippen molar-refractivity contribution in [3.05, 3.63) is 48.3 Å². The van der Waals surface area contributed by atoms with Gasteiger partial charge in [-0.3, -0.25) is 0 Å². The number of rotatable bonds is 4. The summed E-state index contributed by atoms with van der Waals surface area (Å²) >= 11 is 0. The van der Waals surface area contributed by atoms with Gasteiger partial charge >= 0.3 is 0 Å². The highest BCUT2D eigenvalue weighted by atomic mass is 32.2. The molecule has 0 aliphatic carbocycles. The van der Waals surface area contributed by atoms with E-state index in [0.717, 1.165) is 0 Å². The molecule has 0 radical (unpaired) electrons. The molecule has 0 fully saturated rings. The van der Waals surface area contributed by atoms with E-state index in [1.807, 2.05) is 0 Å². The van der Waals surface area contributed by atoms with Crippen LogP contribution in [-0.4, -0.2) is 30.1 Å². The van der Waals surface area contributed by atoms with Gasteiger partial charge in [-0.05, 0) is 18.2 Å². The molecule has 0 saturated heterocycles. The molecular weight excluding hydrogens is 290 g/mol. The van der Waals surface area contributed by atoms with Gasteiger partial charge in [0.05, 0.1) is 6.61 Å². The smallest absolute Gasteiger partial charge is 0.265 e. The maximum Gasteiger partial charge on any atom is 0.265 e. The summed E-state index contributed by atoms with van der Waals surface area (Å²) in [5.41, 5.74) is 0.356. The Bertz CT molecular complexity index is 765. The zero-order valence-electron chi connectivity index (χ0n) is 11.0. The minimum Gasteiger partial charge on any atom is -0.395 e. The van der Waals surface area contributed by atoms with E-state index >= 15 is 0 Å². The summed E-state index contributed by atoms with van der Waals surface area (Å²) in [5.74, 6) is 5.44. The number of hydrogen-bond donors (Lipinski definition) is 2. The first-order valence-electron chi connectivity index (χ1n) is 6.12. The standard InChI is InChI=1S/C14H13N3O3S/c18-11-4-3-7-12-6-1-2-8-13(12)21(19,20)17-14-15-9-5-10-16-14/h1-2,5-6,8-10,18H,4,11H2,(H,15,16,17). The van der Waals surface area contributed by atoms with Crippen LogP contribution in [0.1, 0.15) is 12.0 Å². The van der Waals surface area contributed by atoms with Gasteiger partial charge in [0.2, 0.25) is 5.95 Å². The normalized spacial score (nSPS) is 10.5. The lowest BCUT2D eigenvalue weighted by Crippen LogP contribution is -2.16. The summed E-state index contributed by atoms with van der Waals surface area (Å²) in [5, 5.41) is 8.72. The molecule has 21 heavy (non-hydrogen) atoms. The van der Waals surface area contributed by atoms with Gasteiger partial charge in [0.15, 0.2) is 0 Å². The van der Waals surface area contributed by atoms with E-state index in [4.69, 9.17) is 5.11 Å². The fraction of sp³-hybridized carbons (Fsp3) is 0.143.